The quantitative estimate of drug-likeness (QED) is 0.300. The molecule has 0 saturated carbocycles. The highest BCUT2D eigenvalue weighted by Gasteiger charge is 2.26. The average Bonchev–Trinajstić information content (AvgIpc) is 2.69. The Morgan fingerprint density at radius 1 is 1.07 bits per heavy atom. The van der Waals surface area contributed by atoms with Gasteiger partial charge in [0.25, 0.3) is 0 Å². The van der Waals surface area contributed by atoms with E-state index in [1.807, 2.05) is 6.08 Å². The van der Waals surface area contributed by atoms with Crippen molar-refractivity contribution in [3.05, 3.63) is 48.3 Å². The fraction of sp³-hybridized carbons (Fsp3) is 0.500. The number of nitrogens with one attached hydrogen (secondary N) is 2. The molecule has 6 nitrogen and oxygen atoms in total. The second-order valence-corrected chi connectivity index (χ2v) is 6.95. The lowest BCUT2D eigenvalue weighted by molar-refractivity contribution is -0.145. The van der Waals surface area contributed by atoms with Crippen molar-refractivity contribution in [1.29, 1.82) is 0 Å². The lowest BCUT2D eigenvalue weighted by Crippen LogP contribution is -2.52. The van der Waals surface area contributed by atoms with Gasteiger partial charge in [0.15, 0.2) is 0 Å². The lowest BCUT2D eigenvalue weighted by Gasteiger charge is -2.22. The molecule has 0 spiro atoms. The molecule has 0 unspecified atom stereocenters. The van der Waals surface area contributed by atoms with Gasteiger partial charge in [-0.15, -0.1) is 6.58 Å². The zero-order valence-electron chi connectivity index (χ0n) is 17.2. The number of esters is 1. The van der Waals surface area contributed by atoms with E-state index in [2.05, 4.69) is 17.2 Å². The van der Waals surface area contributed by atoms with Crippen LogP contribution in [0.15, 0.2) is 36.9 Å². The van der Waals surface area contributed by atoms with E-state index < -0.39 is 24.0 Å². The third-order valence-electron chi connectivity index (χ3n) is 4.50. The number of carbonyl (C=O) groups excluding carboxylic acids is 3. The SMILES string of the molecule is C=CCCCCCC[C@@H](NC(=O)[C@H](Cc1ccc(F)cc1)NC(C)=O)C(=O)OC. The molecule has 2 atom stereocenters. The summed E-state index contributed by atoms with van der Waals surface area (Å²) in [6.45, 7) is 5.00. The van der Waals surface area contributed by atoms with Crippen LogP contribution < -0.4 is 10.6 Å². The predicted octanol–water partition coefficient (Wildman–Crippen LogP) is 3.06. The number of amides is 2. The molecule has 0 aromatic heterocycles. The highest BCUT2D eigenvalue weighted by atomic mass is 19.1. The lowest BCUT2D eigenvalue weighted by atomic mass is 10.0. The molecule has 2 amide bonds. The number of carbonyl (C=O) groups is 3. The summed E-state index contributed by atoms with van der Waals surface area (Å²) in [6.07, 6.45) is 7.23. The van der Waals surface area contributed by atoms with Crippen LogP contribution in [-0.2, 0) is 25.5 Å². The number of methoxy groups -OCH3 is 1. The minimum atomic E-state index is -0.877. The van der Waals surface area contributed by atoms with E-state index in [9.17, 15) is 18.8 Å². The summed E-state index contributed by atoms with van der Waals surface area (Å²) in [7, 11) is 1.27. The molecule has 1 rings (SSSR count). The zero-order valence-corrected chi connectivity index (χ0v) is 17.2. The van der Waals surface area contributed by atoms with Crippen molar-refractivity contribution in [3.8, 4) is 0 Å². The summed E-state index contributed by atoms with van der Waals surface area (Å²) in [6, 6.07) is 4.04. The Labute approximate surface area is 171 Å². The average molecular weight is 406 g/mol. The molecule has 0 aliphatic rings. The molecule has 0 heterocycles. The summed E-state index contributed by atoms with van der Waals surface area (Å²) in [5.74, 6) is -1.75. The van der Waals surface area contributed by atoms with Gasteiger partial charge < -0.3 is 15.4 Å². The zero-order chi connectivity index (χ0) is 21.6. The first-order valence-corrected chi connectivity index (χ1v) is 9.88. The molecular weight excluding hydrogens is 375 g/mol. The summed E-state index contributed by atoms with van der Waals surface area (Å²) in [5.41, 5.74) is 0.692. The van der Waals surface area contributed by atoms with Gasteiger partial charge in [0, 0.05) is 13.3 Å². The van der Waals surface area contributed by atoms with Crippen molar-refractivity contribution in [2.45, 2.75) is 64.0 Å². The van der Waals surface area contributed by atoms with Crippen molar-refractivity contribution in [3.63, 3.8) is 0 Å². The van der Waals surface area contributed by atoms with Gasteiger partial charge in [-0.1, -0.05) is 37.5 Å². The number of allylic oxidation sites excluding steroid dienone is 1. The Balaban J connectivity index is 2.71. The largest absolute Gasteiger partial charge is 0.467 e. The van der Waals surface area contributed by atoms with E-state index in [-0.39, 0.29) is 18.1 Å². The first kappa shape index (κ1) is 24.3. The van der Waals surface area contributed by atoms with E-state index in [0.29, 0.717) is 12.0 Å². The Bertz CT molecular complexity index is 676. The van der Waals surface area contributed by atoms with Gasteiger partial charge in [-0.05, 0) is 37.0 Å². The molecule has 0 fully saturated rings. The Hall–Kier alpha value is -2.70. The van der Waals surface area contributed by atoms with Crippen molar-refractivity contribution in [2.24, 2.45) is 0 Å². The van der Waals surface area contributed by atoms with E-state index in [1.165, 1.54) is 26.2 Å². The molecule has 0 aliphatic heterocycles. The predicted molar refractivity (Wildman–Crippen MR) is 110 cm³/mol. The Morgan fingerprint density at radius 2 is 1.72 bits per heavy atom. The minimum Gasteiger partial charge on any atom is -0.467 e. The van der Waals surface area contributed by atoms with Gasteiger partial charge in [0.2, 0.25) is 11.8 Å². The highest BCUT2D eigenvalue weighted by molar-refractivity contribution is 5.90. The number of halogens is 1. The van der Waals surface area contributed by atoms with Crippen LogP contribution in [0, 0.1) is 5.82 Å². The molecular formula is C22H31FN2O4. The number of hydrogen-bond donors (Lipinski definition) is 2. The maximum atomic E-state index is 13.1. The van der Waals surface area contributed by atoms with Gasteiger partial charge in [-0.3, -0.25) is 9.59 Å². The number of hydrogen-bond acceptors (Lipinski definition) is 4. The van der Waals surface area contributed by atoms with Crippen LogP contribution >= 0.6 is 0 Å². The number of ether oxygens (including phenoxy) is 1. The van der Waals surface area contributed by atoms with Gasteiger partial charge in [0.1, 0.15) is 17.9 Å². The molecule has 7 heteroatoms. The topological polar surface area (TPSA) is 84.5 Å². The fourth-order valence-electron chi connectivity index (χ4n) is 2.97. The number of benzene rings is 1. The molecule has 0 saturated heterocycles. The molecule has 1 aromatic carbocycles. The maximum Gasteiger partial charge on any atom is 0.328 e. The minimum absolute atomic E-state index is 0.182. The monoisotopic (exact) mass is 406 g/mol. The van der Waals surface area contributed by atoms with Crippen LogP contribution in [-0.4, -0.2) is 37.0 Å². The number of rotatable bonds is 13. The summed E-state index contributed by atoms with van der Waals surface area (Å²) >= 11 is 0. The van der Waals surface area contributed by atoms with E-state index in [4.69, 9.17) is 4.74 Å². The summed E-state index contributed by atoms with van der Waals surface area (Å²) in [4.78, 5) is 36.3. The standard InChI is InChI=1S/C22H31FN2O4/c1-4-5-6-7-8-9-10-19(22(28)29-3)25-21(27)20(24-16(2)26)15-17-11-13-18(23)14-12-17/h4,11-14,19-20H,1,5-10,15H2,2-3H3,(H,24,26)(H,25,27)/t19-,20+/m1/s1. The van der Waals surface area contributed by atoms with Crippen LogP contribution in [0.1, 0.15) is 51.0 Å². The van der Waals surface area contributed by atoms with E-state index >= 15 is 0 Å². The van der Waals surface area contributed by atoms with E-state index in [1.54, 1.807) is 12.1 Å². The summed E-state index contributed by atoms with van der Waals surface area (Å²) in [5, 5.41) is 5.28. The molecule has 0 aliphatic carbocycles. The third kappa shape index (κ3) is 9.87. The van der Waals surface area contributed by atoms with Gasteiger partial charge in [-0.25, -0.2) is 9.18 Å². The molecule has 29 heavy (non-hydrogen) atoms. The van der Waals surface area contributed by atoms with Crippen LogP contribution in [0.2, 0.25) is 0 Å². The van der Waals surface area contributed by atoms with Crippen LogP contribution in [0.5, 0.6) is 0 Å². The van der Waals surface area contributed by atoms with Crippen molar-refractivity contribution in [2.75, 3.05) is 7.11 Å². The van der Waals surface area contributed by atoms with Crippen molar-refractivity contribution in [1.82, 2.24) is 10.6 Å². The molecule has 160 valence electrons. The van der Waals surface area contributed by atoms with E-state index in [0.717, 1.165) is 32.1 Å². The summed E-state index contributed by atoms with van der Waals surface area (Å²) < 4.78 is 17.9. The molecule has 0 radical (unpaired) electrons. The van der Waals surface area contributed by atoms with Crippen LogP contribution in [0.4, 0.5) is 4.39 Å². The maximum absolute atomic E-state index is 13.1. The Kier molecular flexibility index (Phi) is 11.3. The second kappa shape index (κ2) is 13.5. The first-order chi connectivity index (χ1) is 13.9. The smallest absolute Gasteiger partial charge is 0.328 e. The molecule has 2 N–H and O–H groups in total. The van der Waals surface area contributed by atoms with Gasteiger partial charge in [-0.2, -0.15) is 0 Å². The van der Waals surface area contributed by atoms with Crippen LogP contribution in [0.3, 0.4) is 0 Å². The van der Waals surface area contributed by atoms with Crippen molar-refractivity contribution < 1.29 is 23.5 Å². The highest BCUT2D eigenvalue weighted by Crippen LogP contribution is 2.10. The first-order valence-electron chi connectivity index (χ1n) is 9.88. The normalized spacial score (nSPS) is 12.5. The Morgan fingerprint density at radius 3 is 2.31 bits per heavy atom. The van der Waals surface area contributed by atoms with Gasteiger partial charge >= 0.3 is 5.97 Å². The fourth-order valence-corrected chi connectivity index (χ4v) is 2.97. The molecule has 1 aromatic rings. The van der Waals surface area contributed by atoms with Crippen LogP contribution in [0.25, 0.3) is 0 Å². The number of unbranched alkanes of at least 4 members (excludes halogenated alkanes) is 4. The van der Waals surface area contributed by atoms with Crippen molar-refractivity contribution >= 4 is 17.8 Å². The molecule has 0 bridgehead atoms. The second-order valence-electron chi connectivity index (χ2n) is 6.95. The van der Waals surface area contributed by atoms with Gasteiger partial charge in [0.05, 0.1) is 7.11 Å². The third-order valence-corrected chi connectivity index (χ3v) is 4.50.